The van der Waals surface area contributed by atoms with Gasteiger partial charge in [-0.15, -0.1) is 0 Å². The monoisotopic (exact) mass is 271 g/mol. The fourth-order valence-corrected chi connectivity index (χ4v) is 2.88. The molecule has 2 aromatic carbocycles. The van der Waals surface area contributed by atoms with Gasteiger partial charge in [0.25, 0.3) is 0 Å². The number of halogens is 1. The molecular formula is C16H14ClNO. The van der Waals surface area contributed by atoms with Crippen molar-refractivity contribution in [1.82, 2.24) is 0 Å². The Morgan fingerprint density at radius 3 is 2.63 bits per heavy atom. The normalized spacial score (nSPS) is 17.4. The highest BCUT2D eigenvalue weighted by atomic mass is 35.5. The van der Waals surface area contributed by atoms with Crippen LogP contribution in [0.25, 0.3) is 0 Å². The van der Waals surface area contributed by atoms with E-state index in [0.717, 1.165) is 11.3 Å². The van der Waals surface area contributed by atoms with Crippen LogP contribution in [-0.2, 0) is 4.79 Å². The average molecular weight is 272 g/mol. The lowest BCUT2D eigenvalue weighted by molar-refractivity contribution is -0.116. The van der Waals surface area contributed by atoms with Crippen molar-refractivity contribution in [3.63, 3.8) is 0 Å². The lowest BCUT2D eigenvalue weighted by Gasteiger charge is -2.15. The minimum Gasteiger partial charge on any atom is -0.311 e. The summed E-state index contributed by atoms with van der Waals surface area (Å²) >= 11 is 6.10. The van der Waals surface area contributed by atoms with E-state index in [-0.39, 0.29) is 11.8 Å². The van der Waals surface area contributed by atoms with Crippen molar-refractivity contribution in [1.29, 1.82) is 0 Å². The average Bonchev–Trinajstić information content (AvgIpc) is 2.78. The van der Waals surface area contributed by atoms with Crippen LogP contribution in [0.1, 0.15) is 24.0 Å². The predicted molar refractivity (Wildman–Crippen MR) is 77.8 cm³/mol. The van der Waals surface area contributed by atoms with E-state index in [2.05, 4.69) is 12.1 Å². The molecular weight excluding hydrogens is 258 g/mol. The first-order valence-electron chi connectivity index (χ1n) is 6.29. The van der Waals surface area contributed by atoms with Crippen molar-refractivity contribution >= 4 is 23.2 Å². The molecule has 2 nitrogen and oxygen atoms in total. The molecule has 96 valence electrons. The third kappa shape index (κ3) is 2.13. The van der Waals surface area contributed by atoms with Crippen molar-refractivity contribution in [2.75, 3.05) is 11.4 Å². The molecule has 2 aromatic rings. The first-order chi connectivity index (χ1) is 9.16. The second-order valence-corrected chi connectivity index (χ2v) is 5.23. The zero-order valence-corrected chi connectivity index (χ0v) is 11.4. The van der Waals surface area contributed by atoms with Gasteiger partial charge in [0.1, 0.15) is 0 Å². The molecule has 3 heteroatoms. The van der Waals surface area contributed by atoms with Crippen molar-refractivity contribution < 1.29 is 4.79 Å². The zero-order chi connectivity index (χ0) is 13.4. The summed E-state index contributed by atoms with van der Waals surface area (Å²) in [7, 11) is 0. The Morgan fingerprint density at radius 1 is 1.21 bits per heavy atom. The topological polar surface area (TPSA) is 20.3 Å². The zero-order valence-electron chi connectivity index (χ0n) is 10.6. The molecule has 1 atom stereocenters. The van der Waals surface area contributed by atoms with E-state index in [4.69, 9.17) is 11.6 Å². The van der Waals surface area contributed by atoms with Crippen LogP contribution >= 0.6 is 11.6 Å². The maximum atomic E-state index is 11.8. The fraction of sp³-hybridized carbons (Fsp3) is 0.188. The number of hydrogen-bond acceptors (Lipinski definition) is 1. The van der Waals surface area contributed by atoms with Crippen molar-refractivity contribution in [3.05, 3.63) is 64.7 Å². The van der Waals surface area contributed by atoms with E-state index < -0.39 is 0 Å². The van der Waals surface area contributed by atoms with Crippen LogP contribution in [-0.4, -0.2) is 12.5 Å². The molecule has 0 aromatic heterocycles. The van der Waals surface area contributed by atoms with Gasteiger partial charge in [0.05, 0.1) is 0 Å². The highest BCUT2D eigenvalue weighted by molar-refractivity contribution is 6.30. The van der Waals surface area contributed by atoms with Gasteiger partial charge < -0.3 is 4.90 Å². The van der Waals surface area contributed by atoms with Crippen LogP contribution in [0.15, 0.2) is 48.5 Å². The van der Waals surface area contributed by atoms with E-state index in [9.17, 15) is 4.79 Å². The Morgan fingerprint density at radius 2 is 1.95 bits per heavy atom. The minimum atomic E-state index is 0.0713. The van der Waals surface area contributed by atoms with Crippen molar-refractivity contribution in [2.45, 2.75) is 12.8 Å². The fourth-order valence-electron chi connectivity index (χ4n) is 2.70. The van der Waals surface area contributed by atoms with Crippen LogP contribution in [0.3, 0.4) is 0 Å². The number of carbonyl (C=O) groups is 1. The largest absolute Gasteiger partial charge is 0.311 e. The number of anilines is 1. The van der Waals surface area contributed by atoms with Crippen LogP contribution in [0.2, 0.25) is 5.02 Å². The van der Waals surface area contributed by atoms with Gasteiger partial charge in [-0.2, -0.15) is 0 Å². The summed E-state index contributed by atoms with van der Waals surface area (Å²) in [6.45, 7) is 2.29. The lowest BCUT2D eigenvalue weighted by Crippen LogP contribution is -2.27. The van der Waals surface area contributed by atoms with E-state index in [1.54, 1.807) is 6.92 Å². The SMILES string of the molecule is CC(=O)N1CC(c2ccccc2)c2cc(Cl)ccc21. The first kappa shape index (κ1) is 12.2. The second kappa shape index (κ2) is 4.71. The third-order valence-corrected chi connectivity index (χ3v) is 3.84. The van der Waals surface area contributed by atoms with Gasteiger partial charge >= 0.3 is 0 Å². The summed E-state index contributed by atoms with van der Waals surface area (Å²) in [6, 6.07) is 16.0. The van der Waals surface area contributed by atoms with E-state index in [0.29, 0.717) is 11.6 Å². The molecule has 0 N–H and O–H groups in total. The molecule has 0 saturated carbocycles. The maximum Gasteiger partial charge on any atom is 0.223 e. The van der Waals surface area contributed by atoms with Gasteiger partial charge in [0.15, 0.2) is 0 Å². The number of amides is 1. The van der Waals surface area contributed by atoms with Gasteiger partial charge in [-0.1, -0.05) is 41.9 Å². The lowest BCUT2D eigenvalue weighted by atomic mass is 9.93. The molecule has 1 heterocycles. The summed E-state index contributed by atoms with van der Waals surface area (Å²) in [5, 5.41) is 0.713. The number of rotatable bonds is 1. The standard InChI is InChI=1S/C16H14ClNO/c1-11(19)18-10-15(12-5-3-2-4-6-12)14-9-13(17)7-8-16(14)18/h2-9,15H,10H2,1H3. The van der Waals surface area contributed by atoms with Gasteiger partial charge in [-0.25, -0.2) is 0 Å². The second-order valence-electron chi connectivity index (χ2n) is 4.80. The summed E-state index contributed by atoms with van der Waals surface area (Å²) < 4.78 is 0. The molecule has 0 saturated heterocycles. The van der Waals surface area contributed by atoms with E-state index in [1.807, 2.05) is 41.3 Å². The predicted octanol–water partition coefficient (Wildman–Crippen LogP) is 3.84. The third-order valence-electron chi connectivity index (χ3n) is 3.60. The van der Waals surface area contributed by atoms with Gasteiger partial charge in [-0.3, -0.25) is 4.79 Å². The Hall–Kier alpha value is -1.80. The quantitative estimate of drug-likeness (QED) is 0.772. The molecule has 1 amide bonds. The molecule has 19 heavy (non-hydrogen) atoms. The number of hydrogen-bond donors (Lipinski definition) is 0. The number of benzene rings is 2. The minimum absolute atomic E-state index is 0.0713. The van der Waals surface area contributed by atoms with Crippen molar-refractivity contribution in [2.24, 2.45) is 0 Å². The van der Waals surface area contributed by atoms with E-state index >= 15 is 0 Å². The van der Waals surface area contributed by atoms with Crippen LogP contribution in [0.5, 0.6) is 0 Å². The van der Waals surface area contributed by atoms with Crippen LogP contribution in [0, 0.1) is 0 Å². The molecule has 3 rings (SSSR count). The summed E-state index contributed by atoms with van der Waals surface area (Å²) in [6.07, 6.45) is 0. The highest BCUT2D eigenvalue weighted by Gasteiger charge is 2.31. The van der Waals surface area contributed by atoms with E-state index in [1.165, 1.54) is 5.56 Å². The summed E-state index contributed by atoms with van der Waals surface area (Å²) in [5.74, 6) is 0.279. The summed E-state index contributed by atoms with van der Waals surface area (Å²) in [4.78, 5) is 13.6. The smallest absolute Gasteiger partial charge is 0.223 e. The summed E-state index contributed by atoms with van der Waals surface area (Å²) in [5.41, 5.74) is 3.33. The molecule has 1 aliphatic heterocycles. The molecule has 0 aliphatic carbocycles. The molecule has 1 aliphatic rings. The van der Waals surface area contributed by atoms with Gasteiger partial charge in [0, 0.05) is 30.1 Å². The molecule has 0 fully saturated rings. The van der Waals surface area contributed by atoms with Gasteiger partial charge in [-0.05, 0) is 29.3 Å². The first-order valence-corrected chi connectivity index (χ1v) is 6.67. The Balaban J connectivity index is 2.11. The molecule has 0 radical (unpaired) electrons. The number of carbonyl (C=O) groups excluding carboxylic acids is 1. The maximum absolute atomic E-state index is 11.8. The van der Waals surface area contributed by atoms with Crippen LogP contribution in [0.4, 0.5) is 5.69 Å². The Bertz CT molecular complexity index is 624. The molecule has 1 unspecified atom stereocenters. The Labute approximate surface area is 117 Å². The molecule has 0 spiro atoms. The number of nitrogens with zero attached hydrogens (tertiary/aromatic N) is 1. The Kier molecular flexibility index (Phi) is 3.03. The highest BCUT2D eigenvalue weighted by Crippen LogP contribution is 2.41. The molecule has 0 bridgehead atoms. The van der Waals surface area contributed by atoms with Gasteiger partial charge in [0.2, 0.25) is 5.91 Å². The number of fused-ring (bicyclic) bond motifs is 1. The van der Waals surface area contributed by atoms with Crippen molar-refractivity contribution in [3.8, 4) is 0 Å². The van der Waals surface area contributed by atoms with Crippen LogP contribution < -0.4 is 4.90 Å².